The molecule has 0 bridgehead atoms. The Kier molecular flexibility index (Phi) is 8.38. The van der Waals surface area contributed by atoms with Crippen LogP contribution in [0, 0.1) is 17.8 Å². The number of nitrogens with one attached hydrogen (secondary N) is 4. The molecule has 2 aromatic rings. The molecule has 0 spiro atoms. The van der Waals surface area contributed by atoms with Crippen LogP contribution in [0.3, 0.4) is 0 Å². The van der Waals surface area contributed by atoms with Crippen molar-refractivity contribution in [1.29, 1.82) is 0 Å². The second-order valence-electron chi connectivity index (χ2n) is 12.2. The number of carbonyl (C=O) groups excluding carboxylic acids is 5. The van der Waals surface area contributed by atoms with Crippen molar-refractivity contribution in [2.24, 2.45) is 17.8 Å². The summed E-state index contributed by atoms with van der Waals surface area (Å²) in [6, 6.07) is 5.09. The van der Waals surface area contributed by atoms with Gasteiger partial charge in [-0.25, -0.2) is 0 Å². The lowest BCUT2D eigenvalue weighted by molar-refractivity contribution is -0.141. The smallest absolute Gasteiger partial charge is 0.289 e. The first kappa shape index (κ1) is 29.2. The molecule has 12 heteroatoms. The Hall–Kier alpha value is -3.93. The zero-order valence-corrected chi connectivity index (χ0v) is 24.4. The molecule has 1 aromatic heterocycles. The quantitative estimate of drug-likeness (QED) is 0.319. The molecule has 0 unspecified atom stereocenters. The lowest BCUT2D eigenvalue weighted by Gasteiger charge is -2.29. The van der Waals surface area contributed by atoms with Crippen molar-refractivity contribution < 1.29 is 33.4 Å². The SMILES string of the molecule is COc1cccc2[nH]c(C(=O)N3C[C@@H]4CCC[C@@H]4[C@H]3C(=O)N[C@@H](C[C@@H]3CCNC3=O)C(=O)C(=O)NC3CCOCC3)cc12. The number of methoxy groups -OCH3 is 1. The van der Waals surface area contributed by atoms with Crippen LogP contribution in [-0.2, 0) is 23.9 Å². The topological polar surface area (TPSA) is 159 Å². The van der Waals surface area contributed by atoms with E-state index >= 15 is 0 Å². The lowest BCUT2D eigenvalue weighted by Crippen LogP contribution is -2.56. The normalized spacial score (nSPS) is 26.2. The molecule has 4 amide bonds. The molecule has 0 radical (unpaired) electrons. The first-order valence-electron chi connectivity index (χ1n) is 15.3. The second-order valence-corrected chi connectivity index (χ2v) is 12.2. The van der Waals surface area contributed by atoms with Gasteiger partial charge in [0.2, 0.25) is 17.6 Å². The molecule has 230 valence electrons. The number of ether oxygens (including phenoxy) is 2. The molecule has 3 saturated heterocycles. The molecule has 6 rings (SSSR count). The van der Waals surface area contributed by atoms with Crippen molar-refractivity contribution in [1.82, 2.24) is 25.8 Å². The third-order valence-electron chi connectivity index (χ3n) is 9.59. The van der Waals surface area contributed by atoms with Crippen molar-refractivity contribution in [2.75, 3.05) is 33.4 Å². The van der Waals surface area contributed by atoms with Crippen molar-refractivity contribution in [3.05, 3.63) is 30.0 Å². The fraction of sp³-hybridized carbons (Fsp3) is 0.581. The van der Waals surface area contributed by atoms with Gasteiger partial charge in [0.25, 0.3) is 11.8 Å². The van der Waals surface area contributed by atoms with Crippen LogP contribution in [0.1, 0.15) is 55.4 Å². The molecule has 1 aromatic carbocycles. The lowest BCUT2D eigenvalue weighted by atomic mass is 9.91. The Morgan fingerprint density at radius 1 is 1.12 bits per heavy atom. The van der Waals surface area contributed by atoms with Gasteiger partial charge >= 0.3 is 0 Å². The van der Waals surface area contributed by atoms with Gasteiger partial charge in [-0.3, -0.25) is 24.0 Å². The molecular weight excluding hydrogens is 554 g/mol. The summed E-state index contributed by atoms with van der Waals surface area (Å²) in [5.74, 6) is -2.25. The second kappa shape index (κ2) is 12.4. The molecule has 4 heterocycles. The number of Topliss-reactive ketones (excluding diaryl/α,β-unsaturated/α-hetero) is 1. The maximum Gasteiger partial charge on any atom is 0.289 e. The number of hydrogen-bond acceptors (Lipinski definition) is 7. The number of likely N-dealkylation sites (tertiary alicyclic amines) is 1. The predicted molar refractivity (Wildman–Crippen MR) is 155 cm³/mol. The molecule has 5 atom stereocenters. The predicted octanol–water partition coefficient (Wildman–Crippen LogP) is 1.29. The Bertz CT molecular complexity index is 1420. The van der Waals surface area contributed by atoms with Crippen LogP contribution in [0.4, 0.5) is 0 Å². The van der Waals surface area contributed by atoms with Crippen molar-refractivity contribution >= 4 is 40.3 Å². The highest BCUT2D eigenvalue weighted by molar-refractivity contribution is 6.38. The van der Waals surface area contributed by atoms with E-state index in [9.17, 15) is 24.0 Å². The van der Waals surface area contributed by atoms with Crippen LogP contribution in [0.2, 0.25) is 0 Å². The van der Waals surface area contributed by atoms with Crippen LogP contribution < -0.4 is 20.7 Å². The number of benzene rings is 1. The van der Waals surface area contributed by atoms with E-state index < -0.39 is 35.6 Å². The van der Waals surface area contributed by atoms with Crippen molar-refractivity contribution in [2.45, 2.75) is 63.1 Å². The van der Waals surface area contributed by atoms with E-state index in [4.69, 9.17) is 9.47 Å². The molecule has 12 nitrogen and oxygen atoms in total. The summed E-state index contributed by atoms with van der Waals surface area (Å²) in [5.41, 5.74) is 1.10. The van der Waals surface area contributed by atoms with Gasteiger partial charge in [0.15, 0.2) is 0 Å². The van der Waals surface area contributed by atoms with Crippen molar-refractivity contribution in [3.8, 4) is 5.75 Å². The maximum atomic E-state index is 14.1. The number of rotatable bonds is 9. The largest absolute Gasteiger partial charge is 0.496 e. The number of amides is 4. The number of hydrogen-bond donors (Lipinski definition) is 4. The summed E-state index contributed by atoms with van der Waals surface area (Å²) in [4.78, 5) is 71.7. The first-order valence-corrected chi connectivity index (χ1v) is 15.3. The average Bonchev–Trinajstić information content (AvgIpc) is 3.80. The molecule has 4 fully saturated rings. The molecule has 3 aliphatic heterocycles. The van der Waals surface area contributed by atoms with E-state index in [1.165, 1.54) is 0 Å². The van der Waals surface area contributed by atoms with E-state index in [-0.39, 0.29) is 36.1 Å². The number of aromatic amines is 1. The molecule has 43 heavy (non-hydrogen) atoms. The van der Waals surface area contributed by atoms with Gasteiger partial charge < -0.3 is 35.3 Å². The van der Waals surface area contributed by atoms with Gasteiger partial charge in [0, 0.05) is 49.2 Å². The summed E-state index contributed by atoms with van der Waals surface area (Å²) in [6.45, 7) is 1.91. The fourth-order valence-corrected chi connectivity index (χ4v) is 7.33. The number of H-pyrrole nitrogens is 1. The number of carbonyl (C=O) groups is 5. The zero-order chi connectivity index (χ0) is 30.1. The number of fused-ring (bicyclic) bond motifs is 2. The van der Waals surface area contributed by atoms with Crippen LogP contribution in [0.5, 0.6) is 5.75 Å². The molecule has 4 aliphatic rings. The van der Waals surface area contributed by atoms with Crippen LogP contribution in [-0.4, -0.2) is 90.8 Å². The van der Waals surface area contributed by atoms with E-state index in [0.717, 1.165) is 30.2 Å². The summed E-state index contributed by atoms with van der Waals surface area (Å²) < 4.78 is 10.8. The Labute approximate surface area is 249 Å². The highest BCUT2D eigenvalue weighted by Gasteiger charge is 2.50. The summed E-state index contributed by atoms with van der Waals surface area (Å²) in [6.07, 6.45) is 4.41. The average molecular weight is 594 g/mol. The minimum Gasteiger partial charge on any atom is -0.496 e. The van der Waals surface area contributed by atoms with Crippen LogP contribution in [0.25, 0.3) is 10.9 Å². The fourth-order valence-electron chi connectivity index (χ4n) is 7.33. The monoisotopic (exact) mass is 593 g/mol. The van der Waals surface area contributed by atoms with Crippen LogP contribution in [0.15, 0.2) is 24.3 Å². The summed E-state index contributed by atoms with van der Waals surface area (Å²) in [5, 5.41) is 9.16. The summed E-state index contributed by atoms with van der Waals surface area (Å²) in [7, 11) is 1.57. The zero-order valence-electron chi connectivity index (χ0n) is 24.4. The van der Waals surface area contributed by atoms with Gasteiger partial charge in [-0.15, -0.1) is 0 Å². The number of ketones is 1. The first-order chi connectivity index (χ1) is 20.8. The third kappa shape index (κ3) is 5.84. The van der Waals surface area contributed by atoms with Crippen LogP contribution >= 0.6 is 0 Å². The standard InChI is InChI=1S/C31H39N5O7/c1-42-25-7-3-6-22-21(25)15-24(34-22)31(41)36-16-18-4-2-5-20(18)26(36)29(39)35-23(14-17-8-11-32-28(17)38)27(37)30(40)33-19-9-12-43-13-10-19/h3,6-7,15,17-20,23,26,34H,2,4-5,8-14,16H2,1H3,(H,32,38)(H,33,40)(H,35,39)/t17-,18-,20-,23-,26-/m0/s1. The van der Waals surface area contributed by atoms with Gasteiger partial charge in [-0.1, -0.05) is 12.5 Å². The number of aromatic nitrogens is 1. The van der Waals surface area contributed by atoms with Gasteiger partial charge in [0.05, 0.1) is 13.2 Å². The Balaban J connectivity index is 1.23. The van der Waals surface area contributed by atoms with Crippen molar-refractivity contribution in [3.63, 3.8) is 0 Å². The van der Waals surface area contributed by atoms with Gasteiger partial charge in [-0.2, -0.15) is 0 Å². The minimum absolute atomic E-state index is 0.0220. The molecular formula is C31H39N5O7. The third-order valence-corrected chi connectivity index (χ3v) is 9.59. The van der Waals surface area contributed by atoms with E-state index in [2.05, 4.69) is 20.9 Å². The highest BCUT2D eigenvalue weighted by Crippen LogP contribution is 2.43. The number of nitrogens with zero attached hydrogens (tertiary/aromatic N) is 1. The maximum absolute atomic E-state index is 14.1. The summed E-state index contributed by atoms with van der Waals surface area (Å²) >= 11 is 0. The van der Waals surface area contributed by atoms with Gasteiger partial charge in [0.1, 0.15) is 17.5 Å². The molecule has 1 saturated carbocycles. The highest BCUT2D eigenvalue weighted by atomic mass is 16.5. The van der Waals surface area contributed by atoms with E-state index in [0.29, 0.717) is 57.0 Å². The minimum atomic E-state index is -1.18. The molecule has 4 N–H and O–H groups in total. The van der Waals surface area contributed by atoms with Gasteiger partial charge in [-0.05, 0) is 68.6 Å². The molecule has 1 aliphatic carbocycles. The van der Waals surface area contributed by atoms with E-state index in [1.807, 2.05) is 18.2 Å². The van der Waals surface area contributed by atoms with E-state index in [1.54, 1.807) is 18.1 Å². The Morgan fingerprint density at radius 2 is 1.93 bits per heavy atom. The Morgan fingerprint density at radius 3 is 2.67 bits per heavy atom.